The van der Waals surface area contributed by atoms with Crippen molar-refractivity contribution in [1.29, 1.82) is 5.26 Å². The molecule has 0 spiro atoms. The van der Waals surface area contributed by atoms with Crippen LogP contribution >= 0.6 is 0 Å². The Bertz CT molecular complexity index is 1000. The van der Waals surface area contributed by atoms with Crippen LogP contribution in [0.2, 0.25) is 0 Å². The highest BCUT2D eigenvalue weighted by Gasteiger charge is 2.36. The van der Waals surface area contributed by atoms with Crippen LogP contribution in [0.1, 0.15) is 43.6 Å². The van der Waals surface area contributed by atoms with Crippen LogP contribution in [0.15, 0.2) is 36.4 Å². The minimum Gasteiger partial charge on any atom is -0.493 e. The first-order valence-electron chi connectivity index (χ1n) is 8.72. The highest BCUT2D eigenvalue weighted by Crippen LogP contribution is 2.35. The van der Waals surface area contributed by atoms with E-state index in [1.807, 2.05) is 6.07 Å². The first-order valence-corrected chi connectivity index (χ1v) is 8.72. The minimum absolute atomic E-state index is 0.108. The Kier molecular flexibility index (Phi) is 5.50. The van der Waals surface area contributed by atoms with Crippen molar-refractivity contribution < 1.29 is 28.6 Å². The Balaban J connectivity index is 1.99. The van der Waals surface area contributed by atoms with Gasteiger partial charge in [0.2, 0.25) is 0 Å². The zero-order valence-electron chi connectivity index (χ0n) is 16.1. The molecule has 8 nitrogen and oxygen atoms in total. The van der Waals surface area contributed by atoms with E-state index < -0.39 is 23.9 Å². The fourth-order valence-electron chi connectivity index (χ4n) is 3.09. The van der Waals surface area contributed by atoms with Crippen LogP contribution in [0.25, 0.3) is 0 Å². The Morgan fingerprint density at radius 3 is 2.24 bits per heavy atom. The number of carbonyl (C=O) groups excluding carboxylic acids is 3. The van der Waals surface area contributed by atoms with Gasteiger partial charge in [-0.05, 0) is 31.2 Å². The van der Waals surface area contributed by atoms with Crippen LogP contribution in [-0.4, -0.2) is 43.0 Å². The molecule has 0 aromatic heterocycles. The quantitative estimate of drug-likeness (QED) is 0.547. The van der Waals surface area contributed by atoms with Gasteiger partial charge in [0.25, 0.3) is 11.8 Å². The van der Waals surface area contributed by atoms with Crippen molar-refractivity contribution in [3.05, 3.63) is 58.7 Å². The lowest BCUT2D eigenvalue weighted by Crippen LogP contribution is -2.29. The van der Waals surface area contributed by atoms with E-state index in [-0.39, 0.29) is 23.6 Å². The number of benzene rings is 2. The lowest BCUT2D eigenvalue weighted by molar-refractivity contribution is 0.0434. The van der Waals surface area contributed by atoms with Gasteiger partial charge in [-0.3, -0.25) is 14.5 Å². The molecule has 0 saturated heterocycles. The Morgan fingerprint density at radius 1 is 1.10 bits per heavy atom. The molecule has 1 aliphatic rings. The van der Waals surface area contributed by atoms with Gasteiger partial charge < -0.3 is 14.2 Å². The molecular formula is C21H18N2O6. The molecule has 2 aromatic rings. The van der Waals surface area contributed by atoms with E-state index in [4.69, 9.17) is 19.5 Å². The zero-order valence-corrected chi connectivity index (χ0v) is 16.1. The van der Waals surface area contributed by atoms with Crippen molar-refractivity contribution in [3.63, 3.8) is 0 Å². The average Bonchev–Trinajstić information content (AvgIpc) is 2.98. The van der Waals surface area contributed by atoms with Gasteiger partial charge in [0.15, 0.2) is 17.6 Å². The van der Waals surface area contributed by atoms with E-state index >= 15 is 0 Å². The normalized spacial score (nSPS) is 13.5. The molecule has 2 aromatic carbocycles. The predicted octanol–water partition coefficient (Wildman–Crippen LogP) is 2.57. The summed E-state index contributed by atoms with van der Waals surface area (Å²) >= 11 is 0. The number of amides is 2. The molecule has 1 atom stereocenters. The van der Waals surface area contributed by atoms with Crippen molar-refractivity contribution in [1.82, 2.24) is 4.90 Å². The number of carbonyl (C=O) groups is 3. The number of esters is 1. The summed E-state index contributed by atoms with van der Waals surface area (Å²) in [5.41, 5.74) is 1.14. The molecule has 1 heterocycles. The molecule has 1 aliphatic heterocycles. The molecular weight excluding hydrogens is 376 g/mol. The van der Waals surface area contributed by atoms with Crippen LogP contribution in [0.4, 0.5) is 0 Å². The SMILES string of the molecule is COc1cc(C(=O)O[C@H](C)C#N)cc(CN2C(=O)c3ccccc3C2=O)c1OC. The van der Waals surface area contributed by atoms with Gasteiger partial charge >= 0.3 is 5.97 Å². The third-order valence-electron chi connectivity index (χ3n) is 4.46. The summed E-state index contributed by atoms with van der Waals surface area (Å²) in [7, 11) is 2.82. The molecule has 8 heteroatoms. The summed E-state index contributed by atoms with van der Waals surface area (Å²) in [5, 5.41) is 8.85. The van der Waals surface area contributed by atoms with E-state index in [2.05, 4.69) is 0 Å². The number of fused-ring (bicyclic) bond motifs is 1. The minimum atomic E-state index is -0.935. The van der Waals surface area contributed by atoms with Crippen molar-refractivity contribution in [2.45, 2.75) is 19.6 Å². The van der Waals surface area contributed by atoms with Crippen LogP contribution in [0.5, 0.6) is 11.5 Å². The van der Waals surface area contributed by atoms with Gasteiger partial charge in [0.05, 0.1) is 37.5 Å². The fourth-order valence-corrected chi connectivity index (χ4v) is 3.09. The maximum atomic E-state index is 12.7. The summed E-state index contributed by atoms with van der Waals surface area (Å²) in [6.45, 7) is 1.32. The van der Waals surface area contributed by atoms with Gasteiger partial charge in [-0.15, -0.1) is 0 Å². The van der Waals surface area contributed by atoms with Crippen molar-refractivity contribution >= 4 is 17.8 Å². The van der Waals surface area contributed by atoms with Crippen LogP contribution in [0.3, 0.4) is 0 Å². The van der Waals surface area contributed by atoms with E-state index in [0.29, 0.717) is 16.7 Å². The van der Waals surface area contributed by atoms with Gasteiger partial charge in [-0.1, -0.05) is 12.1 Å². The number of nitrogens with zero attached hydrogens (tertiary/aromatic N) is 2. The summed E-state index contributed by atoms with van der Waals surface area (Å²) in [5.74, 6) is -1.08. The fraction of sp³-hybridized carbons (Fsp3) is 0.238. The number of rotatable bonds is 6. The molecule has 29 heavy (non-hydrogen) atoms. The average molecular weight is 394 g/mol. The first-order chi connectivity index (χ1) is 13.9. The molecule has 0 aliphatic carbocycles. The Morgan fingerprint density at radius 2 is 1.72 bits per heavy atom. The van der Waals surface area contributed by atoms with Crippen LogP contribution < -0.4 is 9.47 Å². The summed E-state index contributed by atoms with van der Waals surface area (Å²) in [6.07, 6.45) is -0.935. The standard InChI is InChI=1S/C21H18N2O6/c1-12(10-22)29-21(26)13-8-14(18(28-3)17(9-13)27-2)11-23-19(24)15-6-4-5-7-16(15)20(23)25/h4-9,12H,11H2,1-3H3/t12-/m1/s1. The molecule has 0 bridgehead atoms. The van der Waals surface area contributed by atoms with Gasteiger partial charge in [-0.25, -0.2) is 4.79 Å². The lowest BCUT2D eigenvalue weighted by Gasteiger charge is -2.19. The number of hydrogen-bond acceptors (Lipinski definition) is 7. The smallest absolute Gasteiger partial charge is 0.339 e. The topological polar surface area (TPSA) is 106 Å². The van der Waals surface area contributed by atoms with Crippen molar-refractivity contribution in [2.24, 2.45) is 0 Å². The molecule has 0 saturated carbocycles. The van der Waals surface area contributed by atoms with E-state index in [0.717, 1.165) is 4.90 Å². The third-order valence-corrected chi connectivity index (χ3v) is 4.46. The second-order valence-corrected chi connectivity index (χ2v) is 6.29. The number of imide groups is 1. The van der Waals surface area contributed by atoms with Crippen molar-refractivity contribution in [2.75, 3.05) is 14.2 Å². The highest BCUT2D eigenvalue weighted by molar-refractivity contribution is 6.21. The summed E-state index contributed by atoms with van der Waals surface area (Å²) in [6, 6.07) is 11.2. The Labute approximate surface area is 167 Å². The molecule has 0 unspecified atom stereocenters. The highest BCUT2D eigenvalue weighted by atomic mass is 16.5. The molecule has 0 N–H and O–H groups in total. The van der Waals surface area contributed by atoms with E-state index in [1.54, 1.807) is 24.3 Å². The molecule has 148 valence electrons. The molecule has 2 amide bonds. The van der Waals surface area contributed by atoms with Crippen LogP contribution in [-0.2, 0) is 11.3 Å². The van der Waals surface area contributed by atoms with Crippen molar-refractivity contribution in [3.8, 4) is 17.6 Å². The molecule has 0 fully saturated rings. The third kappa shape index (κ3) is 3.62. The number of methoxy groups -OCH3 is 2. The van der Waals surface area contributed by atoms with Gasteiger partial charge in [0.1, 0.15) is 6.07 Å². The lowest BCUT2D eigenvalue weighted by atomic mass is 10.1. The van der Waals surface area contributed by atoms with Gasteiger partial charge in [0, 0.05) is 5.56 Å². The second-order valence-electron chi connectivity index (χ2n) is 6.29. The van der Waals surface area contributed by atoms with Crippen LogP contribution in [0, 0.1) is 11.3 Å². The maximum Gasteiger partial charge on any atom is 0.339 e. The van der Waals surface area contributed by atoms with E-state index in [1.165, 1.54) is 33.3 Å². The first kappa shape index (κ1) is 19.9. The molecule has 3 rings (SSSR count). The zero-order chi connectivity index (χ0) is 21.1. The number of hydrogen-bond donors (Lipinski definition) is 0. The van der Waals surface area contributed by atoms with Gasteiger partial charge in [-0.2, -0.15) is 5.26 Å². The molecule has 0 radical (unpaired) electrons. The summed E-state index contributed by atoms with van der Waals surface area (Å²) in [4.78, 5) is 38.8. The Hall–Kier alpha value is -3.86. The largest absolute Gasteiger partial charge is 0.493 e. The summed E-state index contributed by atoms with van der Waals surface area (Å²) < 4.78 is 15.7. The maximum absolute atomic E-state index is 12.7. The number of nitriles is 1. The second kappa shape index (κ2) is 8.02. The monoisotopic (exact) mass is 394 g/mol. The van der Waals surface area contributed by atoms with E-state index in [9.17, 15) is 14.4 Å². The predicted molar refractivity (Wildman–Crippen MR) is 101 cm³/mol. The number of ether oxygens (including phenoxy) is 3.